The van der Waals surface area contributed by atoms with Gasteiger partial charge in [0.2, 0.25) is 0 Å². The zero-order valence-corrected chi connectivity index (χ0v) is 11.1. The predicted molar refractivity (Wildman–Crippen MR) is 66.7 cm³/mol. The molecular weight excluding hydrogens is 296 g/mol. The quantitative estimate of drug-likeness (QED) is 0.849. The highest BCUT2D eigenvalue weighted by atomic mass is 79.9. The summed E-state index contributed by atoms with van der Waals surface area (Å²) in [4.78, 5) is 11.7. The summed E-state index contributed by atoms with van der Waals surface area (Å²) >= 11 is 8.82. The molecule has 16 heavy (non-hydrogen) atoms. The first-order valence-corrected chi connectivity index (χ1v) is 6.36. The van der Waals surface area contributed by atoms with E-state index in [9.17, 15) is 9.18 Å². The van der Waals surface area contributed by atoms with Gasteiger partial charge >= 0.3 is 0 Å². The van der Waals surface area contributed by atoms with Crippen LogP contribution in [0.4, 0.5) is 4.39 Å². The lowest BCUT2D eigenvalue weighted by atomic mass is 10.2. The Morgan fingerprint density at radius 1 is 1.62 bits per heavy atom. The fourth-order valence-corrected chi connectivity index (χ4v) is 1.98. The third-order valence-electron chi connectivity index (χ3n) is 2.10. The first kappa shape index (κ1) is 13.5. The fraction of sp³-hybridized carbons (Fsp3) is 0.364. The van der Waals surface area contributed by atoms with Crippen molar-refractivity contribution in [2.75, 3.05) is 5.33 Å². The van der Waals surface area contributed by atoms with Gasteiger partial charge in [0.05, 0.1) is 5.02 Å². The minimum Gasteiger partial charge on any atom is -0.350 e. The number of benzene rings is 1. The van der Waals surface area contributed by atoms with Crippen molar-refractivity contribution in [3.05, 3.63) is 34.6 Å². The maximum Gasteiger partial charge on any atom is 0.251 e. The molecule has 1 amide bonds. The number of hydrogen-bond acceptors (Lipinski definition) is 1. The Morgan fingerprint density at radius 2 is 2.31 bits per heavy atom. The molecule has 0 saturated carbocycles. The first-order valence-electron chi connectivity index (χ1n) is 4.86. The molecule has 88 valence electrons. The van der Waals surface area contributed by atoms with Crippen molar-refractivity contribution in [3.63, 3.8) is 0 Å². The largest absolute Gasteiger partial charge is 0.350 e. The van der Waals surface area contributed by atoms with E-state index in [1.54, 1.807) is 0 Å². The van der Waals surface area contributed by atoms with Gasteiger partial charge in [0.15, 0.2) is 0 Å². The van der Waals surface area contributed by atoms with Crippen molar-refractivity contribution in [3.8, 4) is 0 Å². The lowest BCUT2D eigenvalue weighted by Crippen LogP contribution is -2.32. The monoisotopic (exact) mass is 307 g/mol. The van der Waals surface area contributed by atoms with Crippen molar-refractivity contribution in [1.29, 1.82) is 0 Å². The van der Waals surface area contributed by atoms with Gasteiger partial charge in [-0.2, -0.15) is 0 Å². The van der Waals surface area contributed by atoms with Crippen LogP contribution in [0.25, 0.3) is 0 Å². The number of carbonyl (C=O) groups is 1. The molecule has 0 spiro atoms. The van der Waals surface area contributed by atoms with E-state index in [0.29, 0.717) is 0 Å². The van der Waals surface area contributed by atoms with E-state index < -0.39 is 5.82 Å². The fourth-order valence-electron chi connectivity index (χ4n) is 1.18. The van der Waals surface area contributed by atoms with Gasteiger partial charge in [-0.05, 0) is 31.5 Å². The highest BCUT2D eigenvalue weighted by Gasteiger charge is 2.11. The van der Waals surface area contributed by atoms with Crippen LogP contribution in [0.5, 0.6) is 0 Å². The van der Waals surface area contributed by atoms with Gasteiger partial charge in [0.25, 0.3) is 5.91 Å². The second-order valence-electron chi connectivity index (χ2n) is 3.48. The maximum absolute atomic E-state index is 13.1. The molecule has 1 atom stereocenters. The van der Waals surface area contributed by atoms with Crippen LogP contribution in [0.2, 0.25) is 5.02 Å². The number of amides is 1. The summed E-state index contributed by atoms with van der Waals surface area (Å²) in [6, 6.07) is 4.06. The van der Waals surface area contributed by atoms with Crippen LogP contribution in [0.15, 0.2) is 18.2 Å². The summed E-state index contributed by atoms with van der Waals surface area (Å²) in [5.41, 5.74) is 0.281. The van der Waals surface area contributed by atoms with Crippen LogP contribution >= 0.6 is 27.5 Å². The van der Waals surface area contributed by atoms with Crippen LogP contribution in [0.1, 0.15) is 23.7 Å². The lowest BCUT2D eigenvalue weighted by Gasteiger charge is -2.12. The van der Waals surface area contributed by atoms with Gasteiger partial charge in [-0.3, -0.25) is 4.79 Å². The van der Waals surface area contributed by atoms with Crippen molar-refractivity contribution in [2.45, 2.75) is 19.4 Å². The molecule has 5 heteroatoms. The van der Waals surface area contributed by atoms with Crippen LogP contribution in [0, 0.1) is 5.82 Å². The van der Waals surface area contributed by atoms with Gasteiger partial charge < -0.3 is 5.32 Å². The average molecular weight is 309 g/mol. The Bertz CT molecular complexity index is 386. The molecule has 0 aliphatic carbocycles. The second-order valence-corrected chi connectivity index (χ2v) is 4.68. The van der Waals surface area contributed by atoms with Crippen LogP contribution in [-0.2, 0) is 0 Å². The molecule has 0 radical (unpaired) electrons. The standard InChI is InChI=1S/C11H12BrClFNO/c1-7(4-5-12)15-11(16)8-2-3-9(13)10(14)6-8/h2-3,6-7H,4-5H2,1H3,(H,15,16). The minimum absolute atomic E-state index is 0.0186. The Morgan fingerprint density at radius 3 is 2.88 bits per heavy atom. The third kappa shape index (κ3) is 3.76. The lowest BCUT2D eigenvalue weighted by molar-refractivity contribution is 0.0939. The highest BCUT2D eigenvalue weighted by Crippen LogP contribution is 2.15. The number of hydrogen-bond donors (Lipinski definition) is 1. The normalized spacial score (nSPS) is 12.2. The van der Waals surface area contributed by atoms with Gasteiger partial charge in [0.1, 0.15) is 5.82 Å². The number of nitrogens with one attached hydrogen (secondary N) is 1. The predicted octanol–water partition coefficient (Wildman–Crippen LogP) is 3.38. The third-order valence-corrected chi connectivity index (χ3v) is 2.87. The van der Waals surface area contributed by atoms with Gasteiger partial charge in [-0.15, -0.1) is 0 Å². The van der Waals surface area contributed by atoms with E-state index in [1.165, 1.54) is 12.1 Å². The number of alkyl halides is 1. The Hall–Kier alpha value is -0.610. The Kier molecular flexibility index (Phi) is 5.22. The van der Waals surface area contributed by atoms with E-state index in [4.69, 9.17) is 11.6 Å². The molecule has 0 fully saturated rings. The van der Waals surface area contributed by atoms with Crippen LogP contribution < -0.4 is 5.32 Å². The number of rotatable bonds is 4. The van der Waals surface area contributed by atoms with E-state index in [0.717, 1.165) is 17.8 Å². The molecular formula is C11H12BrClFNO. The van der Waals surface area contributed by atoms with Crippen LogP contribution in [0.3, 0.4) is 0 Å². The summed E-state index contributed by atoms with van der Waals surface area (Å²) in [7, 11) is 0. The molecule has 1 rings (SSSR count). The van der Waals surface area contributed by atoms with E-state index in [1.807, 2.05) is 6.92 Å². The molecule has 1 N–H and O–H groups in total. The molecule has 0 aliphatic rings. The molecule has 2 nitrogen and oxygen atoms in total. The van der Waals surface area contributed by atoms with Crippen molar-refractivity contribution in [2.24, 2.45) is 0 Å². The smallest absolute Gasteiger partial charge is 0.251 e. The van der Waals surface area contributed by atoms with E-state index >= 15 is 0 Å². The van der Waals surface area contributed by atoms with Crippen LogP contribution in [-0.4, -0.2) is 17.3 Å². The average Bonchev–Trinajstić information content (AvgIpc) is 2.22. The first-order chi connectivity index (χ1) is 7.54. The van der Waals surface area contributed by atoms with Gasteiger partial charge in [0, 0.05) is 16.9 Å². The summed E-state index contributed by atoms with van der Waals surface area (Å²) in [5, 5.41) is 3.59. The molecule has 0 aromatic heterocycles. The molecule has 1 aromatic carbocycles. The molecule has 1 aromatic rings. The zero-order valence-electron chi connectivity index (χ0n) is 8.77. The molecule has 1 unspecified atom stereocenters. The van der Waals surface area contributed by atoms with Gasteiger partial charge in [-0.1, -0.05) is 27.5 Å². The Balaban J connectivity index is 2.69. The summed E-state index contributed by atoms with van der Waals surface area (Å²) in [6.45, 7) is 1.89. The van der Waals surface area contributed by atoms with Crippen molar-refractivity contribution in [1.82, 2.24) is 5.32 Å². The molecule has 0 bridgehead atoms. The SMILES string of the molecule is CC(CCBr)NC(=O)c1ccc(Cl)c(F)c1. The molecule has 0 saturated heterocycles. The van der Waals surface area contributed by atoms with Crippen molar-refractivity contribution >= 4 is 33.4 Å². The van der Waals surface area contributed by atoms with E-state index in [-0.39, 0.29) is 22.5 Å². The summed E-state index contributed by atoms with van der Waals surface area (Å²) in [5.74, 6) is -0.869. The van der Waals surface area contributed by atoms with E-state index in [2.05, 4.69) is 21.2 Å². The number of carbonyl (C=O) groups excluding carboxylic acids is 1. The Labute approximate surface area is 107 Å². The number of halogens is 3. The zero-order chi connectivity index (χ0) is 12.1. The summed E-state index contributed by atoms with van der Waals surface area (Å²) < 4.78 is 13.1. The van der Waals surface area contributed by atoms with Gasteiger partial charge in [-0.25, -0.2) is 4.39 Å². The summed E-state index contributed by atoms with van der Waals surface area (Å²) in [6.07, 6.45) is 0.821. The minimum atomic E-state index is -0.581. The second kappa shape index (κ2) is 6.21. The molecule has 0 aliphatic heterocycles. The topological polar surface area (TPSA) is 29.1 Å². The maximum atomic E-state index is 13.1. The highest BCUT2D eigenvalue weighted by molar-refractivity contribution is 9.09. The molecule has 0 heterocycles. The van der Waals surface area contributed by atoms with Crippen molar-refractivity contribution < 1.29 is 9.18 Å².